The molecule has 0 atom stereocenters. The average Bonchev–Trinajstić information content (AvgIpc) is 2.93. The zero-order valence-electron chi connectivity index (χ0n) is 15.3. The van der Waals surface area contributed by atoms with Gasteiger partial charge in [-0.15, -0.1) is 0 Å². The van der Waals surface area contributed by atoms with Crippen LogP contribution in [-0.4, -0.2) is 33.2 Å². The number of unbranched alkanes of at least 4 members (excludes halogenated alkanes) is 3. The Morgan fingerprint density at radius 3 is 2.64 bits per heavy atom. The molecular weight excluding hydrogens is 336 g/mol. The number of hydrogen-bond donors (Lipinski definition) is 1. The molecule has 1 N–H and O–H groups in total. The third-order valence-electron chi connectivity index (χ3n) is 4.49. The average molecular weight is 367 g/mol. The van der Waals surface area contributed by atoms with Crippen LogP contribution < -0.4 is 9.62 Å². The molecule has 1 aliphatic heterocycles. The van der Waals surface area contributed by atoms with Crippen LogP contribution in [0.1, 0.15) is 62.7 Å². The van der Waals surface area contributed by atoms with Gasteiger partial charge in [0.1, 0.15) is 0 Å². The van der Waals surface area contributed by atoms with Crippen molar-refractivity contribution in [3.05, 3.63) is 29.8 Å². The summed E-state index contributed by atoms with van der Waals surface area (Å²) >= 11 is 0. The number of nitrogens with one attached hydrogen (secondary N) is 1. The van der Waals surface area contributed by atoms with Gasteiger partial charge in [-0.1, -0.05) is 45.6 Å². The van der Waals surface area contributed by atoms with Crippen LogP contribution in [0, 0.1) is 5.92 Å². The van der Waals surface area contributed by atoms with E-state index in [0.29, 0.717) is 30.8 Å². The molecule has 0 aromatic heterocycles. The van der Waals surface area contributed by atoms with E-state index in [4.69, 9.17) is 0 Å². The highest BCUT2D eigenvalue weighted by atomic mass is 32.2. The van der Waals surface area contributed by atoms with Gasteiger partial charge in [0.15, 0.2) is 0 Å². The largest absolute Gasteiger partial charge is 0.352 e. The second-order valence-electron chi connectivity index (χ2n) is 7.14. The fraction of sp³-hybridized carbons (Fsp3) is 0.632. The number of carbonyl (C=O) groups is 1. The lowest BCUT2D eigenvalue weighted by Gasteiger charge is -2.17. The van der Waals surface area contributed by atoms with Gasteiger partial charge in [0, 0.05) is 18.7 Å². The first-order valence-electron chi connectivity index (χ1n) is 9.29. The second-order valence-corrected chi connectivity index (χ2v) is 9.16. The quantitative estimate of drug-likeness (QED) is 0.680. The molecule has 1 aromatic carbocycles. The van der Waals surface area contributed by atoms with E-state index in [1.54, 1.807) is 24.3 Å². The van der Waals surface area contributed by atoms with E-state index < -0.39 is 10.0 Å². The van der Waals surface area contributed by atoms with Crippen molar-refractivity contribution in [1.82, 2.24) is 5.32 Å². The molecule has 0 bridgehead atoms. The van der Waals surface area contributed by atoms with E-state index in [0.717, 1.165) is 18.8 Å². The Balaban J connectivity index is 1.79. The minimum atomic E-state index is -3.22. The molecule has 140 valence electrons. The van der Waals surface area contributed by atoms with E-state index in [9.17, 15) is 13.2 Å². The van der Waals surface area contributed by atoms with Gasteiger partial charge in [0.2, 0.25) is 10.0 Å². The second kappa shape index (κ2) is 9.22. The normalized spacial score (nSPS) is 16.4. The number of benzene rings is 1. The van der Waals surface area contributed by atoms with Crippen molar-refractivity contribution in [1.29, 1.82) is 0 Å². The third kappa shape index (κ3) is 6.03. The summed E-state index contributed by atoms with van der Waals surface area (Å²) in [5.41, 5.74) is 1.10. The molecule has 1 saturated heterocycles. The number of amides is 1. The molecule has 1 aliphatic rings. The number of anilines is 1. The van der Waals surface area contributed by atoms with Gasteiger partial charge in [0.05, 0.1) is 11.4 Å². The van der Waals surface area contributed by atoms with E-state index >= 15 is 0 Å². The SMILES string of the molecule is CC(C)CCCCCCNC(=O)c1cccc(N2CCCS2(=O)=O)c1. The molecule has 1 fully saturated rings. The molecule has 2 rings (SSSR count). The van der Waals surface area contributed by atoms with Crippen molar-refractivity contribution in [2.75, 3.05) is 23.1 Å². The molecule has 25 heavy (non-hydrogen) atoms. The third-order valence-corrected chi connectivity index (χ3v) is 6.36. The molecule has 6 heteroatoms. The van der Waals surface area contributed by atoms with Gasteiger partial charge < -0.3 is 5.32 Å². The standard InChI is InChI=1S/C19H30N2O3S/c1-16(2)9-5-3-4-6-12-20-19(22)17-10-7-11-18(15-17)21-13-8-14-25(21,23)24/h7,10-11,15-16H,3-6,8-9,12-14H2,1-2H3,(H,20,22). The van der Waals surface area contributed by atoms with Gasteiger partial charge in [-0.25, -0.2) is 8.42 Å². The summed E-state index contributed by atoms with van der Waals surface area (Å²) in [6.45, 7) is 5.62. The number of nitrogens with zero attached hydrogens (tertiary/aromatic N) is 1. The summed E-state index contributed by atoms with van der Waals surface area (Å²) in [5.74, 6) is 0.798. The molecular formula is C19H30N2O3S. The summed E-state index contributed by atoms with van der Waals surface area (Å²) in [6.07, 6.45) is 6.45. The van der Waals surface area contributed by atoms with Crippen LogP contribution in [0.4, 0.5) is 5.69 Å². The van der Waals surface area contributed by atoms with Gasteiger partial charge in [0.25, 0.3) is 5.91 Å². The summed E-state index contributed by atoms with van der Waals surface area (Å²) < 4.78 is 25.4. The Kier molecular flexibility index (Phi) is 7.29. The van der Waals surface area contributed by atoms with Crippen LogP contribution in [0.5, 0.6) is 0 Å². The molecule has 5 nitrogen and oxygen atoms in total. The minimum Gasteiger partial charge on any atom is -0.352 e. The highest BCUT2D eigenvalue weighted by Crippen LogP contribution is 2.24. The molecule has 0 radical (unpaired) electrons. The van der Waals surface area contributed by atoms with E-state index in [-0.39, 0.29) is 11.7 Å². The fourth-order valence-electron chi connectivity index (χ4n) is 3.07. The van der Waals surface area contributed by atoms with Crippen molar-refractivity contribution in [2.24, 2.45) is 5.92 Å². The summed E-state index contributed by atoms with van der Waals surface area (Å²) in [4.78, 5) is 12.3. The first kappa shape index (κ1) is 19.8. The molecule has 0 aliphatic carbocycles. The Morgan fingerprint density at radius 1 is 1.20 bits per heavy atom. The van der Waals surface area contributed by atoms with Crippen LogP contribution in [-0.2, 0) is 10.0 Å². The first-order chi connectivity index (χ1) is 11.9. The first-order valence-corrected chi connectivity index (χ1v) is 10.9. The summed E-state index contributed by atoms with van der Waals surface area (Å²) in [7, 11) is -3.22. The Hall–Kier alpha value is -1.56. The highest BCUT2D eigenvalue weighted by molar-refractivity contribution is 7.93. The Labute approximate surface area is 151 Å². The molecule has 1 heterocycles. The molecule has 1 aromatic rings. The van der Waals surface area contributed by atoms with Gasteiger partial charge in [-0.05, 0) is 37.0 Å². The molecule has 0 spiro atoms. The lowest BCUT2D eigenvalue weighted by atomic mass is 10.0. The van der Waals surface area contributed by atoms with Crippen LogP contribution in [0.15, 0.2) is 24.3 Å². The minimum absolute atomic E-state index is 0.138. The van der Waals surface area contributed by atoms with Crippen molar-refractivity contribution in [3.8, 4) is 0 Å². The zero-order chi connectivity index (χ0) is 18.3. The Bertz CT molecular complexity index is 671. The maximum atomic E-state index is 12.3. The number of carbonyl (C=O) groups excluding carboxylic acids is 1. The fourth-order valence-corrected chi connectivity index (χ4v) is 4.62. The van der Waals surface area contributed by atoms with Gasteiger partial charge >= 0.3 is 0 Å². The number of rotatable bonds is 9. The summed E-state index contributed by atoms with van der Waals surface area (Å²) in [6, 6.07) is 6.88. The molecule has 0 unspecified atom stereocenters. The highest BCUT2D eigenvalue weighted by Gasteiger charge is 2.28. The van der Waals surface area contributed by atoms with Gasteiger partial charge in [-0.2, -0.15) is 0 Å². The maximum absolute atomic E-state index is 12.3. The lowest BCUT2D eigenvalue weighted by molar-refractivity contribution is 0.0953. The van der Waals surface area contributed by atoms with Crippen molar-refractivity contribution in [3.63, 3.8) is 0 Å². The predicted octanol–water partition coefficient (Wildman–Crippen LogP) is 3.56. The van der Waals surface area contributed by atoms with Gasteiger partial charge in [-0.3, -0.25) is 9.10 Å². The predicted molar refractivity (Wildman–Crippen MR) is 102 cm³/mol. The van der Waals surface area contributed by atoms with E-state index in [1.165, 1.54) is 23.6 Å². The summed E-state index contributed by atoms with van der Waals surface area (Å²) in [5, 5.41) is 2.93. The van der Waals surface area contributed by atoms with Crippen LogP contribution in [0.3, 0.4) is 0 Å². The Morgan fingerprint density at radius 2 is 1.96 bits per heavy atom. The molecule has 0 saturated carbocycles. The van der Waals surface area contributed by atoms with E-state index in [1.807, 2.05) is 0 Å². The lowest BCUT2D eigenvalue weighted by Crippen LogP contribution is -2.27. The maximum Gasteiger partial charge on any atom is 0.251 e. The van der Waals surface area contributed by atoms with Crippen LogP contribution in [0.2, 0.25) is 0 Å². The number of hydrogen-bond acceptors (Lipinski definition) is 3. The van der Waals surface area contributed by atoms with Crippen molar-refractivity contribution < 1.29 is 13.2 Å². The monoisotopic (exact) mass is 366 g/mol. The van der Waals surface area contributed by atoms with Crippen LogP contribution in [0.25, 0.3) is 0 Å². The molecule has 1 amide bonds. The van der Waals surface area contributed by atoms with Crippen LogP contribution >= 0.6 is 0 Å². The number of sulfonamides is 1. The zero-order valence-corrected chi connectivity index (χ0v) is 16.1. The smallest absolute Gasteiger partial charge is 0.251 e. The topological polar surface area (TPSA) is 66.5 Å². The van der Waals surface area contributed by atoms with E-state index in [2.05, 4.69) is 19.2 Å². The van der Waals surface area contributed by atoms with Crippen molar-refractivity contribution >= 4 is 21.6 Å². The van der Waals surface area contributed by atoms with Crippen molar-refractivity contribution in [2.45, 2.75) is 52.4 Å².